The Bertz CT molecular complexity index is 129. The van der Waals surface area contributed by atoms with E-state index < -0.39 is 5.97 Å². The summed E-state index contributed by atoms with van der Waals surface area (Å²) in [6.07, 6.45) is 0.420. The minimum atomic E-state index is -0.392. The predicted molar refractivity (Wildman–Crippen MR) is 31.5 cm³/mol. The summed E-state index contributed by atoms with van der Waals surface area (Å²) in [7, 11) is 0. The van der Waals surface area contributed by atoms with Gasteiger partial charge in [0, 0.05) is 6.92 Å². The lowest BCUT2D eigenvalue weighted by molar-refractivity contribution is -0.139. The molecule has 0 N–H and O–H groups in total. The highest BCUT2D eigenvalue weighted by atomic mass is 19.1. The highest BCUT2D eigenvalue weighted by molar-refractivity contribution is 5.66. The van der Waals surface area contributed by atoms with Gasteiger partial charge in [-0.25, -0.2) is 4.39 Å². The number of esters is 1. The van der Waals surface area contributed by atoms with Crippen LogP contribution in [0.5, 0.6) is 0 Å². The van der Waals surface area contributed by atoms with E-state index >= 15 is 0 Å². The van der Waals surface area contributed by atoms with E-state index in [4.69, 9.17) is 0 Å². The van der Waals surface area contributed by atoms with Crippen LogP contribution in [-0.2, 0) is 9.53 Å². The second-order valence-corrected chi connectivity index (χ2v) is 1.74. The molecule has 0 aliphatic rings. The molecule has 0 aliphatic carbocycles. The Morgan fingerprint density at radius 2 is 2.22 bits per heavy atom. The van der Waals surface area contributed by atoms with Crippen molar-refractivity contribution in [3.8, 4) is 0 Å². The van der Waals surface area contributed by atoms with Gasteiger partial charge in [0.15, 0.2) is 0 Å². The average Bonchev–Trinajstić information content (AvgIpc) is 1.83. The minimum Gasteiger partial charge on any atom is -0.461 e. The molecule has 0 saturated heterocycles. The standard InChI is InChI=1S/C6H9FO2/c1-5(3-7)4-9-6(2)8/h3H,4H2,1-2H3/b5-3+. The number of halogens is 1. The molecule has 2 nitrogen and oxygen atoms in total. The zero-order chi connectivity index (χ0) is 7.28. The lowest BCUT2D eigenvalue weighted by atomic mass is 10.4. The molecule has 0 heterocycles. The Labute approximate surface area is 53.3 Å². The molecule has 9 heavy (non-hydrogen) atoms. The first-order valence-electron chi connectivity index (χ1n) is 2.56. The van der Waals surface area contributed by atoms with Gasteiger partial charge in [-0.3, -0.25) is 4.79 Å². The van der Waals surface area contributed by atoms with Crippen molar-refractivity contribution >= 4 is 5.97 Å². The lowest BCUT2D eigenvalue weighted by Gasteiger charge is -1.97. The Balaban J connectivity index is 3.39. The molecule has 0 rings (SSSR count). The second-order valence-electron chi connectivity index (χ2n) is 1.74. The summed E-state index contributed by atoms with van der Waals surface area (Å²) in [5.74, 6) is -0.392. The Morgan fingerprint density at radius 1 is 1.67 bits per heavy atom. The molecule has 0 aliphatic heterocycles. The maximum Gasteiger partial charge on any atom is 0.302 e. The quantitative estimate of drug-likeness (QED) is 0.531. The summed E-state index contributed by atoms with van der Waals surface area (Å²) < 4.78 is 15.9. The van der Waals surface area contributed by atoms with Crippen LogP contribution in [0.15, 0.2) is 11.9 Å². The van der Waals surface area contributed by atoms with E-state index in [9.17, 15) is 9.18 Å². The number of hydrogen-bond acceptors (Lipinski definition) is 2. The summed E-state index contributed by atoms with van der Waals surface area (Å²) in [5.41, 5.74) is 0.408. The van der Waals surface area contributed by atoms with Crippen molar-refractivity contribution < 1.29 is 13.9 Å². The Kier molecular flexibility index (Phi) is 3.67. The van der Waals surface area contributed by atoms with Crippen molar-refractivity contribution in [3.63, 3.8) is 0 Å². The third-order valence-electron chi connectivity index (χ3n) is 0.689. The number of carbonyl (C=O) groups excluding carboxylic acids is 1. The van der Waals surface area contributed by atoms with Gasteiger partial charge in [0.05, 0.1) is 6.33 Å². The largest absolute Gasteiger partial charge is 0.461 e. The van der Waals surface area contributed by atoms with Gasteiger partial charge in [0.25, 0.3) is 0 Å². The van der Waals surface area contributed by atoms with Crippen molar-refractivity contribution in [2.75, 3.05) is 6.61 Å². The molecule has 0 bridgehead atoms. The van der Waals surface area contributed by atoms with Gasteiger partial charge in [-0.15, -0.1) is 0 Å². The first kappa shape index (κ1) is 8.14. The van der Waals surface area contributed by atoms with Gasteiger partial charge in [-0.2, -0.15) is 0 Å². The van der Waals surface area contributed by atoms with E-state index in [-0.39, 0.29) is 6.61 Å². The van der Waals surface area contributed by atoms with Crippen LogP contribution in [0.3, 0.4) is 0 Å². The molecule has 0 unspecified atom stereocenters. The molecule has 52 valence electrons. The normalized spacial score (nSPS) is 11.2. The van der Waals surface area contributed by atoms with Gasteiger partial charge in [0.1, 0.15) is 6.61 Å². The van der Waals surface area contributed by atoms with Crippen molar-refractivity contribution in [1.29, 1.82) is 0 Å². The van der Waals surface area contributed by atoms with Crippen LogP contribution in [0.1, 0.15) is 13.8 Å². The topological polar surface area (TPSA) is 26.3 Å². The van der Waals surface area contributed by atoms with Crippen LogP contribution in [0.4, 0.5) is 4.39 Å². The number of carbonyl (C=O) groups is 1. The minimum absolute atomic E-state index is 0.0475. The SMILES string of the molecule is CC(=O)OC/C(C)=C/F. The van der Waals surface area contributed by atoms with Gasteiger partial charge in [-0.05, 0) is 12.5 Å². The van der Waals surface area contributed by atoms with Crippen molar-refractivity contribution in [3.05, 3.63) is 11.9 Å². The molecular formula is C6H9FO2. The molecule has 0 aromatic heterocycles. The predicted octanol–water partition coefficient (Wildman–Crippen LogP) is 1.42. The summed E-state index contributed by atoms with van der Waals surface area (Å²) in [6.45, 7) is 2.88. The summed E-state index contributed by atoms with van der Waals surface area (Å²) >= 11 is 0. The van der Waals surface area contributed by atoms with E-state index in [1.807, 2.05) is 0 Å². The van der Waals surface area contributed by atoms with Crippen LogP contribution in [0, 0.1) is 0 Å². The Morgan fingerprint density at radius 3 is 2.56 bits per heavy atom. The first-order chi connectivity index (χ1) is 4.16. The summed E-state index contributed by atoms with van der Waals surface area (Å²) in [5, 5.41) is 0. The third-order valence-corrected chi connectivity index (χ3v) is 0.689. The number of rotatable bonds is 2. The molecule has 0 aromatic carbocycles. The van der Waals surface area contributed by atoms with E-state index in [0.29, 0.717) is 11.9 Å². The maximum absolute atomic E-state index is 11.5. The van der Waals surface area contributed by atoms with Crippen molar-refractivity contribution in [2.24, 2.45) is 0 Å². The Hall–Kier alpha value is -0.860. The van der Waals surface area contributed by atoms with Crippen LogP contribution < -0.4 is 0 Å². The fourth-order valence-corrected chi connectivity index (χ4v) is 0.247. The fraction of sp³-hybridized carbons (Fsp3) is 0.500. The van der Waals surface area contributed by atoms with E-state index in [0.717, 1.165) is 0 Å². The maximum atomic E-state index is 11.5. The first-order valence-corrected chi connectivity index (χ1v) is 2.56. The number of hydrogen-bond donors (Lipinski definition) is 0. The molecule has 0 spiro atoms. The van der Waals surface area contributed by atoms with E-state index in [1.165, 1.54) is 6.92 Å². The zero-order valence-corrected chi connectivity index (χ0v) is 5.48. The highest BCUT2D eigenvalue weighted by Gasteiger charge is 1.92. The highest BCUT2D eigenvalue weighted by Crippen LogP contribution is 1.92. The average molecular weight is 132 g/mol. The molecule has 0 atom stereocenters. The monoisotopic (exact) mass is 132 g/mol. The van der Waals surface area contributed by atoms with Gasteiger partial charge < -0.3 is 4.74 Å². The third kappa shape index (κ3) is 5.00. The smallest absolute Gasteiger partial charge is 0.302 e. The molecule has 0 fully saturated rings. The van der Waals surface area contributed by atoms with Crippen LogP contribution in [-0.4, -0.2) is 12.6 Å². The molecule has 0 radical (unpaired) electrons. The van der Waals surface area contributed by atoms with Gasteiger partial charge in [-0.1, -0.05) is 0 Å². The summed E-state index contributed by atoms with van der Waals surface area (Å²) in [6, 6.07) is 0. The van der Waals surface area contributed by atoms with E-state index in [1.54, 1.807) is 6.92 Å². The fourth-order valence-electron chi connectivity index (χ4n) is 0.247. The van der Waals surface area contributed by atoms with Crippen molar-refractivity contribution in [1.82, 2.24) is 0 Å². The van der Waals surface area contributed by atoms with Crippen LogP contribution in [0.2, 0.25) is 0 Å². The molecule has 3 heteroatoms. The van der Waals surface area contributed by atoms with E-state index in [2.05, 4.69) is 4.74 Å². The van der Waals surface area contributed by atoms with Gasteiger partial charge >= 0.3 is 5.97 Å². The van der Waals surface area contributed by atoms with Crippen LogP contribution in [0.25, 0.3) is 0 Å². The van der Waals surface area contributed by atoms with Crippen molar-refractivity contribution in [2.45, 2.75) is 13.8 Å². The second kappa shape index (κ2) is 4.06. The summed E-state index contributed by atoms with van der Waals surface area (Å²) in [4.78, 5) is 10.1. The lowest BCUT2D eigenvalue weighted by Crippen LogP contribution is -2.00. The zero-order valence-electron chi connectivity index (χ0n) is 5.48. The van der Waals surface area contributed by atoms with Crippen LogP contribution >= 0.6 is 0 Å². The molecule has 0 amide bonds. The number of ether oxygens (including phenoxy) is 1. The molecular weight excluding hydrogens is 123 g/mol. The molecule has 0 aromatic rings. The van der Waals surface area contributed by atoms with Gasteiger partial charge in [0.2, 0.25) is 0 Å². The molecule has 0 saturated carbocycles.